The molecule has 152 valence electrons. The van der Waals surface area contributed by atoms with Crippen molar-refractivity contribution < 1.29 is 19.4 Å². The van der Waals surface area contributed by atoms with Crippen molar-refractivity contribution in [2.24, 2.45) is 5.92 Å². The van der Waals surface area contributed by atoms with Crippen molar-refractivity contribution in [1.82, 2.24) is 4.90 Å². The maximum Gasteiger partial charge on any atom is 0.306 e. The van der Waals surface area contributed by atoms with E-state index in [1.165, 1.54) is 0 Å². The molecule has 2 aromatic carbocycles. The topological polar surface area (TPSA) is 66.8 Å². The minimum absolute atomic E-state index is 0.247. The Labute approximate surface area is 175 Å². The molecular weight excluding hydrogens is 390 g/mol. The summed E-state index contributed by atoms with van der Waals surface area (Å²) in [6.45, 7) is 2.62. The number of hydrogen-bond donors (Lipinski definition) is 1. The van der Waals surface area contributed by atoms with Gasteiger partial charge < -0.3 is 14.7 Å². The van der Waals surface area contributed by atoms with Crippen molar-refractivity contribution in [1.29, 1.82) is 0 Å². The number of aryl methyl sites for hydroxylation is 1. The summed E-state index contributed by atoms with van der Waals surface area (Å²) in [6.07, 6.45) is 0.417. The Balaban J connectivity index is 1.78. The highest BCUT2D eigenvalue weighted by atomic mass is 35.5. The summed E-state index contributed by atoms with van der Waals surface area (Å²) in [6, 6.07) is 15.1. The first-order chi connectivity index (χ1) is 13.9. The van der Waals surface area contributed by atoms with Crippen LogP contribution in [0.1, 0.15) is 48.1 Å². The maximum atomic E-state index is 13.2. The molecule has 4 rings (SSSR count). The van der Waals surface area contributed by atoms with Gasteiger partial charge in [0.1, 0.15) is 12.2 Å². The molecule has 1 aliphatic heterocycles. The molecule has 1 saturated heterocycles. The van der Waals surface area contributed by atoms with Gasteiger partial charge in [-0.15, -0.1) is 0 Å². The molecular formula is C23H24ClNO4. The summed E-state index contributed by atoms with van der Waals surface area (Å²) in [5.74, 6) is -0.818. The average molecular weight is 414 g/mol. The number of amides is 1. The molecule has 1 heterocycles. The van der Waals surface area contributed by atoms with Gasteiger partial charge in [0.05, 0.1) is 12.5 Å². The standard InChI is InChI=1S/C23H24ClNO4/c1-14-3-2-4-17(11-14)22-21(16-7-9-18(24)10-8-16)25(13-15-5-6-15)23(28)19(29-22)12-20(26)27/h2-4,7-11,15,19,21-22H,5-6,12-13H2,1H3,(H,26,27)/t19-,21-,22-/m1/s1. The van der Waals surface area contributed by atoms with Gasteiger partial charge in [0, 0.05) is 11.6 Å². The first kappa shape index (κ1) is 19.9. The number of aliphatic carboxylic acids is 1. The van der Waals surface area contributed by atoms with Crippen molar-refractivity contribution in [3.63, 3.8) is 0 Å². The molecule has 2 aliphatic rings. The third kappa shape index (κ3) is 4.46. The van der Waals surface area contributed by atoms with Gasteiger partial charge in [0.25, 0.3) is 5.91 Å². The lowest BCUT2D eigenvalue weighted by Gasteiger charge is -2.45. The number of ether oxygens (including phenoxy) is 1. The Morgan fingerprint density at radius 2 is 1.90 bits per heavy atom. The van der Waals surface area contributed by atoms with Crippen LogP contribution in [0.2, 0.25) is 5.02 Å². The van der Waals surface area contributed by atoms with Crippen molar-refractivity contribution in [2.75, 3.05) is 6.54 Å². The Morgan fingerprint density at radius 3 is 2.52 bits per heavy atom. The zero-order valence-corrected chi connectivity index (χ0v) is 17.0. The van der Waals surface area contributed by atoms with E-state index in [0.29, 0.717) is 17.5 Å². The van der Waals surface area contributed by atoms with Crippen LogP contribution in [0.15, 0.2) is 48.5 Å². The smallest absolute Gasteiger partial charge is 0.306 e. The summed E-state index contributed by atoms with van der Waals surface area (Å²) >= 11 is 6.09. The Bertz CT molecular complexity index is 909. The van der Waals surface area contributed by atoms with Crippen molar-refractivity contribution in [3.8, 4) is 0 Å². The van der Waals surface area contributed by atoms with Crippen LogP contribution in [0.4, 0.5) is 0 Å². The number of carbonyl (C=O) groups excluding carboxylic acids is 1. The van der Waals surface area contributed by atoms with E-state index in [2.05, 4.69) is 0 Å². The zero-order valence-electron chi connectivity index (χ0n) is 16.3. The van der Waals surface area contributed by atoms with Gasteiger partial charge in [-0.05, 0) is 48.9 Å². The van der Waals surface area contributed by atoms with E-state index in [0.717, 1.165) is 29.5 Å². The molecule has 1 saturated carbocycles. The van der Waals surface area contributed by atoms with Crippen molar-refractivity contribution in [2.45, 2.75) is 44.4 Å². The van der Waals surface area contributed by atoms with E-state index >= 15 is 0 Å². The maximum absolute atomic E-state index is 13.2. The zero-order chi connectivity index (χ0) is 20.5. The number of hydrogen-bond acceptors (Lipinski definition) is 3. The molecule has 29 heavy (non-hydrogen) atoms. The van der Waals surface area contributed by atoms with E-state index in [1.54, 1.807) is 0 Å². The monoisotopic (exact) mass is 413 g/mol. The summed E-state index contributed by atoms with van der Waals surface area (Å²) in [5.41, 5.74) is 2.96. The second-order valence-electron chi connectivity index (χ2n) is 7.99. The fourth-order valence-electron chi connectivity index (χ4n) is 3.99. The molecule has 6 heteroatoms. The van der Waals surface area contributed by atoms with Crippen molar-refractivity contribution in [3.05, 3.63) is 70.2 Å². The highest BCUT2D eigenvalue weighted by molar-refractivity contribution is 6.30. The number of morpholine rings is 1. The number of carbonyl (C=O) groups is 2. The van der Waals surface area contributed by atoms with Crippen LogP contribution < -0.4 is 0 Å². The minimum atomic E-state index is -1.04. The molecule has 1 amide bonds. The van der Waals surface area contributed by atoms with Crippen LogP contribution in [0.3, 0.4) is 0 Å². The summed E-state index contributed by atoms with van der Waals surface area (Å²) in [7, 11) is 0. The van der Waals surface area contributed by atoms with Crippen molar-refractivity contribution >= 4 is 23.5 Å². The Morgan fingerprint density at radius 1 is 1.17 bits per heavy atom. The lowest BCUT2D eigenvalue weighted by Crippen LogP contribution is -2.52. The van der Waals surface area contributed by atoms with Crippen LogP contribution >= 0.6 is 11.6 Å². The van der Waals surface area contributed by atoms with Crippen LogP contribution in [-0.2, 0) is 14.3 Å². The number of rotatable bonds is 6. The van der Waals surface area contributed by atoms with E-state index < -0.39 is 18.2 Å². The molecule has 5 nitrogen and oxygen atoms in total. The Kier molecular flexibility index (Phi) is 5.61. The third-order valence-corrected chi connectivity index (χ3v) is 5.84. The molecule has 2 fully saturated rings. The molecule has 0 bridgehead atoms. The highest BCUT2D eigenvalue weighted by Crippen LogP contribution is 2.45. The summed E-state index contributed by atoms with van der Waals surface area (Å²) in [5, 5.41) is 9.94. The third-order valence-electron chi connectivity index (χ3n) is 5.59. The van der Waals surface area contributed by atoms with Gasteiger partial charge in [0.2, 0.25) is 0 Å². The second-order valence-corrected chi connectivity index (χ2v) is 8.42. The van der Waals surface area contributed by atoms with Gasteiger partial charge in [-0.3, -0.25) is 9.59 Å². The predicted molar refractivity (Wildman–Crippen MR) is 110 cm³/mol. The fourth-order valence-corrected chi connectivity index (χ4v) is 4.12. The first-order valence-electron chi connectivity index (χ1n) is 9.92. The van der Waals surface area contributed by atoms with Crippen LogP contribution in [0.5, 0.6) is 0 Å². The summed E-state index contributed by atoms with van der Waals surface area (Å²) < 4.78 is 6.18. The molecule has 0 unspecified atom stereocenters. The average Bonchev–Trinajstić information content (AvgIpc) is 3.49. The second kappa shape index (κ2) is 8.17. The SMILES string of the molecule is Cc1cccc([C@H]2O[C@H](CC(=O)O)C(=O)N(CC3CC3)[C@@H]2c2ccc(Cl)cc2)c1. The Hall–Kier alpha value is -2.37. The predicted octanol–water partition coefficient (Wildman–Crippen LogP) is 4.54. The molecule has 0 spiro atoms. The van der Waals surface area contributed by atoms with Gasteiger partial charge in [-0.2, -0.15) is 0 Å². The van der Waals surface area contributed by atoms with Gasteiger partial charge in [-0.1, -0.05) is 53.6 Å². The summed E-state index contributed by atoms with van der Waals surface area (Å²) in [4.78, 5) is 26.4. The number of halogens is 1. The molecule has 0 radical (unpaired) electrons. The van der Waals surface area contributed by atoms with Gasteiger partial charge >= 0.3 is 5.97 Å². The molecule has 1 N–H and O–H groups in total. The van der Waals surface area contributed by atoms with Crippen LogP contribution in [0, 0.1) is 12.8 Å². The van der Waals surface area contributed by atoms with E-state index in [-0.39, 0.29) is 18.4 Å². The van der Waals surface area contributed by atoms with E-state index in [9.17, 15) is 14.7 Å². The fraction of sp³-hybridized carbons (Fsp3) is 0.391. The van der Waals surface area contributed by atoms with Crippen LogP contribution in [-0.4, -0.2) is 34.5 Å². The molecule has 1 aliphatic carbocycles. The number of carboxylic acid groups (broad SMARTS) is 1. The lowest BCUT2D eigenvalue weighted by atomic mass is 9.90. The normalized spacial score (nSPS) is 24.6. The molecule has 3 atom stereocenters. The van der Waals surface area contributed by atoms with Gasteiger partial charge in [0.15, 0.2) is 0 Å². The molecule has 0 aromatic heterocycles. The number of nitrogens with zero attached hydrogens (tertiary/aromatic N) is 1. The van der Waals surface area contributed by atoms with E-state index in [1.807, 2.05) is 60.4 Å². The molecule has 2 aromatic rings. The number of benzene rings is 2. The first-order valence-corrected chi connectivity index (χ1v) is 10.3. The van der Waals surface area contributed by atoms with Gasteiger partial charge in [-0.25, -0.2) is 0 Å². The lowest BCUT2D eigenvalue weighted by molar-refractivity contribution is -0.179. The highest BCUT2D eigenvalue weighted by Gasteiger charge is 2.46. The van der Waals surface area contributed by atoms with Crippen LogP contribution in [0.25, 0.3) is 0 Å². The largest absolute Gasteiger partial charge is 0.481 e. The quantitative estimate of drug-likeness (QED) is 0.754. The minimum Gasteiger partial charge on any atom is -0.481 e. The number of carboxylic acids is 1. The van der Waals surface area contributed by atoms with E-state index in [4.69, 9.17) is 16.3 Å².